The van der Waals surface area contributed by atoms with Gasteiger partial charge in [0.05, 0.1) is 26.4 Å². The second kappa shape index (κ2) is 68.8. The third-order valence-corrected chi connectivity index (χ3v) is 20.6. The van der Waals surface area contributed by atoms with Crippen LogP contribution in [-0.2, 0) is 65.4 Å². The van der Waals surface area contributed by atoms with E-state index in [1.165, 1.54) is 218 Å². The first-order valence-corrected chi connectivity index (χ1v) is 43.1. The molecule has 19 heteroatoms. The van der Waals surface area contributed by atoms with Gasteiger partial charge in [-0.25, -0.2) is 9.13 Å². The van der Waals surface area contributed by atoms with Crippen molar-refractivity contribution in [3.8, 4) is 0 Å². The lowest BCUT2D eigenvalue weighted by atomic mass is 9.99. The van der Waals surface area contributed by atoms with Crippen LogP contribution in [0, 0.1) is 11.8 Å². The van der Waals surface area contributed by atoms with Crippen molar-refractivity contribution in [1.29, 1.82) is 0 Å². The van der Waals surface area contributed by atoms with Crippen LogP contribution in [0.3, 0.4) is 0 Å². The second-order valence-corrected chi connectivity index (χ2v) is 31.1. The summed E-state index contributed by atoms with van der Waals surface area (Å²) in [4.78, 5) is 72.9. The Morgan fingerprint density at radius 3 is 0.740 bits per heavy atom. The molecule has 96 heavy (non-hydrogen) atoms. The van der Waals surface area contributed by atoms with E-state index in [0.717, 1.165) is 102 Å². The van der Waals surface area contributed by atoms with Gasteiger partial charge >= 0.3 is 39.5 Å². The van der Waals surface area contributed by atoms with Crippen molar-refractivity contribution < 1.29 is 80.2 Å². The van der Waals surface area contributed by atoms with Gasteiger partial charge in [-0.1, -0.05) is 350 Å². The number of carbonyl (C=O) groups excluding carboxylic acids is 4. The number of phosphoric acid groups is 2. The highest BCUT2D eigenvalue weighted by molar-refractivity contribution is 7.47. The van der Waals surface area contributed by atoms with Crippen molar-refractivity contribution in [2.45, 2.75) is 419 Å². The molecule has 570 valence electrons. The number of unbranched alkanes of at least 4 members (excludes halogenated alkanes) is 44. The number of rotatable bonds is 76. The van der Waals surface area contributed by atoms with E-state index in [4.69, 9.17) is 37.0 Å². The van der Waals surface area contributed by atoms with Gasteiger partial charge in [-0.3, -0.25) is 37.3 Å². The van der Waals surface area contributed by atoms with Gasteiger partial charge in [0, 0.05) is 25.7 Å². The maximum absolute atomic E-state index is 13.1. The van der Waals surface area contributed by atoms with Crippen LogP contribution in [0.1, 0.15) is 401 Å². The Labute approximate surface area is 588 Å². The first kappa shape index (κ1) is 94.1. The molecule has 0 aromatic carbocycles. The van der Waals surface area contributed by atoms with Crippen LogP contribution in [0.4, 0.5) is 0 Å². The number of phosphoric ester groups is 2. The topological polar surface area (TPSA) is 237 Å². The molecule has 0 aliphatic rings. The Morgan fingerprint density at radius 1 is 0.292 bits per heavy atom. The summed E-state index contributed by atoms with van der Waals surface area (Å²) in [6, 6.07) is 0. The van der Waals surface area contributed by atoms with E-state index >= 15 is 0 Å². The minimum Gasteiger partial charge on any atom is -0.462 e. The van der Waals surface area contributed by atoms with Gasteiger partial charge in [-0.05, 0) is 37.5 Å². The van der Waals surface area contributed by atoms with Crippen molar-refractivity contribution in [1.82, 2.24) is 0 Å². The average molecular weight is 1410 g/mol. The highest BCUT2D eigenvalue weighted by Gasteiger charge is 2.30. The van der Waals surface area contributed by atoms with Gasteiger partial charge in [0.1, 0.15) is 19.3 Å². The van der Waals surface area contributed by atoms with E-state index in [1.54, 1.807) is 0 Å². The highest BCUT2D eigenvalue weighted by Crippen LogP contribution is 2.45. The molecular weight excluding hydrogens is 1260 g/mol. The van der Waals surface area contributed by atoms with Gasteiger partial charge in [-0.15, -0.1) is 0 Å². The molecule has 17 nitrogen and oxygen atoms in total. The molecule has 3 N–H and O–H groups in total. The first-order chi connectivity index (χ1) is 46.4. The molecule has 0 aliphatic heterocycles. The molecule has 0 heterocycles. The lowest BCUT2D eigenvalue weighted by Crippen LogP contribution is -2.30. The Hall–Kier alpha value is -1.94. The van der Waals surface area contributed by atoms with E-state index in [1.807, 2.05) is 0 Å². The van der Waals surface area contributed by atoms with Crippen LogP contribution in [0.25, 0.3) is 0 Å². The Morgan fingerprint density at radius 2 is 0.500 bits per heavy atom. The molecular formula is C77H150O17P2. The fraction of sp³-hybridized carbons (Fsp3) is 0.948. The lowest BCUT2D eigenvalue weighted by Gasteiger charge is -2.21. The Kier molecular flexibility index (Phi) is 67.4. The fourth-order valence-electron chi connectivity index (χ4n) is 11.8. The minimum absolute atomic E-state index is 0.105. The zero-order chi connectivity index (χ0) is 70.7. The van der Waals surface area contributed by atoms with Gasteiger partial charge in [0.2, 0.25) is 0 Å². The molecule has 0 rings (SSSR count). The first-order valence-electron chi connectivity index (χ1n) is 40.1. The molecule has 0 bridgehead atoms. The third kappa shape index (κ3) is 67.9. The number of hydrogen-bond donors (Lipinski definition) is 3. The van der Waals surface area contributed by atoms with Crippen LogP contribution in [0.5, 0.6) is 0 Å². The quantitative estimate of drug-likeness (QED) is 0.0222. The van der Waals surface area contributed by atoms with Gasteiger partial charge in [0.15, 0.2) is 12.2 Å². The standard InChI is InChI=1S/C77H150O17P2/c1-7-11-13-15-17-19-21-23-25-26-28-30-32-34-43-49-55-61-76(81)93-72(65-87-74(79)59-53-47-41-33-31-29-27-24-22-20-18-16-14-12-8-2)67-91-95(83,84)89-63-71(78)64-90-96(85,86)92-68-73(94-77(82)62-56-50-44-38-36-40-46-52-58-70(6)10-4)66-88-75(80)60-54-48-42-37-35-39-45-51-57-69(5)9-3/h69-73,78H,7-68H2,1-6H3,(H,83,84)(H,85,86)/t69?,70?,71-,72-,73-/m1/s1. The summed E-state index contributed by atoms with van der Waals surface area (Å²) in [6.45, 7) is 9.61. The number of aliphatic hydroxyl groups is 1. The minimum atomic E-state index is -4.96. The number of hydrogen-bond acceptors (Lipinski definition) is 15. The van der Waals surface area contributed by atoms with Crippen molar-refractivity contribution in [2.24, 2.45) is 11.8 Å². The second-order valence-electron chi connectivity index (χ2n) is 28.2. The van der Waals surface area contributed by atoms with Crippen molar-refractivity contribution in [3.05, 3.63) is 0 Å². The van der Waals surface area contributed by atoms with E-state index in [9.17, 15) is 43.2 Å². The SMILES string of the molecule is CCCCCCCCCCCCCCCCCCCC(=O)O[C@H](COC(=O)CCCCCCCCCCCCCCCCC)COP(=O)(O)OC[C@@H](O)COP(=O)(O)OC[C@@H](COC(=O)CCCCCCCCCCC(C)CC)OC(=O)CCCCCCCCCCC(C)CC. The molecule has 7 atom stereocenters. The average Bonchev–Trinajstić information content (AvgIpc) is 1.18. The van der Waals surface area contributed by atoms with Crippen LogP contribution in [0.15, 0.2) is 0 Å². The van der Waals surface area contributed by atoms with E-state index in [2.05, 4.69) is 41.5 Å². The molecule has 0 saturated carbocycles. The van der Waals surface area contributed by atoms with Gasteiger partial charge < -0.3 is 33.8 Å². The lowest BCUT2D eigenvalue weighted by molar-refractivity contribution is -0.161. The zero-order valence-electron chi connectivity index (χ0n) is 62.7. The van der Waals surface area contributed by atoms with Crippen LogP contribution in [-0.4, -0.2) is 96.7 Å². The molecule has 0 aromatic heterocycles. The smallest absolute Gasteiger partial charge is 0.462 e. The van der Waals surface area contributed by atoms with Gasteiger partial charge in [-0.2, -0.15) is 0 Å². The fourth-order valence-corrected chi connectivity index (χ4v) is 13.3. The summed E-state index contributed by atoms with van der Waals surface area (Å²) in [5.74, 6) is -0.567. The molecule has 0 spiro atoms. The van der Waals surface area contributed by atoms with E-state index in [0.29, 0.717) is 25.7 Å². The van der Waals surface area contributed by atoms with Crippen LogP contribution < -0.4 is 0 Å². The zero-order valence-corrected chi connectivity index (χ0v) is 64.5. The summed E-state index contributed by atoms with van der Waals surface area (Å²) in [6.07, 6.45) is 56.7. The Balaban J connectivity index is 5.26. The summed E-state index contributed by atoms with van der Waals surface area (Å²) >= 11 is 0. The molecule has 0 aromatic rings. The van der Waals surface area contributed by atoms with Crippen LogP contribution in [0.2, 0.25) is 0 Å². The number of carbonyl (C=O) groups is 4. The summed E-state index contributed by atoms with van der Waals surface area (Å²) in [7, 11) is -9.91. The third-order valence-electron chi connectivity index (χ3n) is 18.7. The number of esters is 4. The largest absolute Gasteiger partial charge is 0.472 e. The maximum atomic E-state index is 13.1. The van der Waals surface area contributed by atoms with Crippen molar-refractivity contribution in [3.63, 3.8) is 0 Å². The normalized spacial score (nSPS) is 14.6. The van der Waals surface area contributed by atoms with E-state index in [-0.39, 0.29) is 25.7 Å². The molecule has 0 fully saturated rings. The summed E-state index contributed by atoms with van der Waals surface area (Å²) in [5.41, 5.74) is 0. The summed E-state index contributed by atoms with van der Waals surface area (Å²) < 4.78 is 68.6. The van der Waals surface area contributed by atoms with Gasteiger partial charge in [0.25, 0.3) is 0 Å². The van der Waals surface area contributed by atoms with Crippen LogP contribution >= 0.6 is 15.6 Å². The molecule has 0 aliphatic carbocycles. The molecule has 0 amide bonds. The predicted molar refractivity (Wildman–Crippen MR) is 391 cm³/mol. The van der Waals surface area contributed by atoms with Crippen molar-refractivity contribution in [2.75, 3.05) is 39.6 Å². The van der Waals surface area contributed by atoms with Crippen molar-refractivity contribution >= 4 is 39.5 Å². The highest BCUT2D eigenvalue weighted by atomic mass is 31.2. The Bertz CT molecular complexity index is 1860. The number of ether oxygens (including phenoxy) is 4. The predicted octanol–water partition coefficient (Wildman–Crippen LogP) is 22.7. The monoisotopic (exact) mass is 1410 g/mol. The molecule has 4 unspecified atom stereocenters. The molecule has 0 radical (unpaired) electrons. The van der Waals surface area contributed by atoms with E-state index < -0.39 is 97.5 Å². The number of aliphatic hydroxyl groups excluding tert-OH is 1. The summed E-state index contributed by atoms with van der Waals surface area (Å²) in [5, 5.41) is 10.6. The molecule has 0 saturated heterocycles. The maximum Gasteiger partial charge on any atom is 0.472 e.